The van der Waals surface area contributed by atoms with Gasteiger partial charge in [-0.2, -0.15) is 0 Å². The first-order chi connectivity index (χ1) is 12.4. The molecular formula is C18H23ClN4O3. The molecule has 0 fully saturated rings. The number of nitrogens with zero attached hydrogens (tertiary/aromatic N) is 2. The normalized spacial score (nSPS) is 10.3. The largest absolute Gasteiger partial charge is 0.490 e. The van der Waals surface area contributed by atoms with Crippen LogP contribution < -0.4 is 20.3 Å². The van der Waals surface area contributed by atoms with Gasteiger partial charge in [0.25, 0.3) is 5.91 Å². The predicted molar refractivity (Wildman–Crippen MR) is 101 cm³/mol. The van der Waals surface area contributed by atoms with Crippen LogP contribution in [0, 0.1) is 13.8 Å². The number of hydrazine groups is 1. The lowest BCUT2D eigenvalue weighted by Crippen LogP contribution is -2.30. The Hall–Kier alpha value is -2.54. The first-order valence-corrected chi connectivity index (χ1v) is 8.80. The summed E-state index contributed by atoms with van der Waals surface area (Å²) in [5, 5.41) is 0.317. The van der Waals surface area contributed by atoms with Crippen LogP contribution in [0.2, 0.25) is 5.02 Å². The van der Waals surface area contributed by atoms with Gasteiger partial charge in [0.2, 0.25) is 5.95 Å². The molecule has 0 aliphatic carbocycles. The number of carbonyl (C=O) groups is 1. The van der Waals surface area contributed by atoms with E-state index in [1.165, 1.54) is 6.07 Å². The van der Waals surface area contributed by atoms with E-state index in [2.05, 4.69) is 20.8 Å². The number of anilines is 1. The van der Waals surface area contributed by atoms with Gasteiger partial charge in [0.05, 0.1) is 18.2 Å². The van der Waals surface area contributed by atoms with Crippen LogP contribution in [-0.4, -0.2) is 29.1 Å². The van der Waals surface area contributed by atoms with Crippen molar-refractivity contribution in [3.05, 3.63) is 40.2 Å². The number of nitrogens with one attached hydrogen (secondary N) is 2. The fourth-order valence-corrected chi connectivity index (χ4v) is 2.54. The third-order valence-electron chi connectivity index (χ3n) is 3.29. The van der Waals surface area contributed by atoms with E-state index in [0.717, 1.165) is 17.8 Å². The highest BCUT2D eigenvalue weighted by Gasteiger charge is 2.16. The van der Waals surface area contributed by atoms with E-state index in [-0.39, 0.29) is 0 Å². The van der Waals surface area contributed by atoms with E-state index < -0.39 is 5.91 Å². The van der Waals surface area contributed by atoms with Crippen LogP contribution in [0.1, 0.15) is 42.0 Å². The Balaban J connectivity index is 2.17. The van der Waals surface area contributed by atoms with Crippen molar-refractivity contribution >= 4 is 23.5 Å². The number of hydrogen-bond acceptors (Lipinski definition) is 6. The van der Waals surface area contributed by atoms with Crippen molar-refractivity contribution in [3.8, 4) is 11.5 Å². The summed E-state index contributed by atoms with van der Waals surface area (Å²) < 4.78 is 11.2. The topological polar surface area (TPSA) is 85.4 Å². The molecule has 1 heterocycles. The van der Waals surface area contributed by atoms with Crippen molar-refractivity contribution in [1.82, 2.24) is 15.4 Å². The Labute approximate surface area is 158 Å². The minimum atomic E-state index is -0.391. The van der Waals surface area contributed by atoms with Gasteiger partial charge in [-0.1, -0.05) is 18.5 Å². The minimum Gasteiger partial charge on any atom is -0.490 e. The molecule has 1 aromatic heterocycles. The first kappa shape index (κ1) is 19.8. The van der Waals surface area contributed by atoms with Gasteiger partial charge < -0.3 is 9.47 Å². The van der Waals surface area contributed by atoms with Crippen LogP contribution in [0.5, 0.6) is 11.5 Å². The number of amides is 1. The van der Waals surface area contributed by atoms with Crippen LogP contribution in [0.25, 0.3) is 0 Å². The predicted octanol–water partition coefficient (Wildman–Crippen LogP) is 3.69. The van der Waals surface area contributed by atoms with Gasteiger partial charge in [0.15, 0.2) is 11.5 Å². The standard InChI is InChI=1S/C18H23ClN4O3/c1-5-7-26-16-14(19)9-13(10-15(16)25-6-2)17(24)22-23-18-20-11(3)8-12(4)21-18/h8-10H,5-7H2,1-4H3,(H,22,24)(H,20,21,23). The summed E-state index contributed by atoms with van der Waals surface area (Å²) in [6.45, 7) is 8.49. The molecule has 140 valence electrons. The van der Waals surface area contributed by atoms with Crippen LogP contribution in [-0.2, 0) is 0 Å². The fraction of sp³-hybridized carbons (Fsp3) is 0.389. The number of carbonyl (C=O) groups excluding carboxylic acids is 1. The highest BCUT2D eigenvalue weighted by Crippen LogP contribution is 2.36. The maximum Gasteiger partial charge on any atom is 0.269 e. The number of aryl methyl sites for hydroxylation is 2. The molecule has 0 atom stereocenters. The van der Waals surface area contributed by atoms with E-state index >= 15 is 0 Å². The zero-order valence-electron chi connectivity index (χ0n) is 15.4. The van der Waals surface area contributed by atoms with Crippen LogP contribution in [0.3, 0.4) is 0 Å². The van der Waals surface area contributed by atoms with Crippen molar-refractivity contribution in [3.63, 3.8) is 0 Å². The van der Waals surface area contributed by atoms with E-state index in [1.807, 2.05) is 33.8 Å². The monoisotopic (exact) mass is 378 g/mol. The Morgan fingerprint density at radius 1 is 1.12 bits per heavy atom. The second-order valence-corrected chi connectivity index (χ2v) is 6.03. The van der Waals surface area contributed by atoms with Gasteiger partial charge in [-0.25, -0.2) is 9.97 Å². The van der Waals surface area contributed by atoms with Crippen molar-refractivity contribution in [2.45, 2.75) is 34.1 Å². The molecule has 0 saturated heterocycles. The first-order valence-electron chi connectivity index (χ1n) is 8.42. The molecule has 1 aromatic carbocycles. The molecule has 2 rings (SSSR count). The van der Waals surface area contributed by atoms with Crippen molar-refractivity contribution < 1.29 is 14.3 Å². The maximum atomic E-state index is 12.4. The lowest BCUT2D eigenvalue weighted by molar-refractivity contribution is 0.0961. The Morgan fingerprint density at radius 2 is 1.81 bits per heavy atom. The number of hydrogen-bond donors (Lipinski definition) is 2. The molecule has 2 N–H and O–H groups in total. The lowest BCUT2D eigenvalue weighted by Gasteiger charge is -2.15. The summed E-state index contributed by atoms with van der Waals surface area (Å²) in [6, 6.07) is 4.98. The molecule has 0 spiro atoms. The Kier molecular flexibility index (Phi) is 7.03. The van der Waals surface area contributed by atoms with Crippen LogP contribution in [0.15, 0.2) is 18.2 Å². The van der Waals surface area contributed by atoms with Crippen LogP contribution in [0.4, 0.5) is 5.95 Å². The second-order valence-electron chi connectivity index (χ2n) is 5.62. The highest BCUT2D eigenvalue weighted by molar-refractivity contribution is 6.32. The van der Waals surface area contributed by atoms with Gasteiger partial charge in [-0.15, -0.1) is 0 Å². The summed E-state index contributed by atoms with van der Waals surface area (Å²) in [7, 11) is 0. The summed E-state index contributed by atoms with van der Waals surface area (Å²) in [6.07, 6.45) is 0.837. The van der Waals surface area contributed by atoms with Gasteiger partial charge >= 0.3 is 0 Å². The molecule has 0 saturated carbocycles. The molecule has 0 radical (unpaired) electrons. The van der Waals surface area contributed by atoms with Crippen LogP contribution >= 0.6 is 11.6 Å². The molecule has 0 aliphatic rings. The molecule has 26 heavy (non-hydrogen) atoms. The summed E-state index contributed by atoms with van der Waals surface area (Å²) in [5.41, 5.74) is 7.20. The summed E-state index contributed by atoms with van der Waals surface area (Å²) in [4.78, 5) is 20.8. The van der Waals surface area contributed by atoms with Crippen molar-refractivity contribution in [1.29, 1.82) is 0 Å². The minimum absolute atomic E-state index is 0.315. The van der Waals surface area contributed by atoms with Gasteiger partial charge in [0.1, 0.15) is 0 Å². The summed E-state index contributed by atoms with van der Waals surface area (Å²) >= 11 is 6.28. The van der Waals surface area contributed by atoms with Gasteiger partial charge in [-0.05, 0) is 45.4 Å². The molecular weight excluding hydrogens is 356 g/mol. The number of rotatable bonds is 8. The quantitative estimate of drug-likeness (QED) is 0.681. The molecule has 0 aliphatic heterocycles. The zero-order valence-corrected chi connectivity index (χ0v) is 16.1. The van der Waals surface area contributed by atoms with E-state index in [0.29, 0.717) is 41.2 Å². The van der Waals surface area contributed by atoms with Gasteiger partial charge in [0, 0.05) is 17.0 Å². The average Bonchev–Trinajstić information content (AvgIpc) is 2.58. The third-order valence-corrected chi connectivity index (χ3v) is 3.57. The van der Waals surface area contributed by atoms with E-state index in [9.17, 15) is 4.79 Å². The molecule has 0 bridgehead atoms. The fourth-order valence-electron chi connectivity index (χ4n) is 2.27. The number of benzene rings is 1. The number of aromatic nitrogens is 2. The second kappa shape index (κ2) is 9.24. The molecule has 8 heteroatoms. The highest BCUT2D eigenvalue weighted by atomic mass is 35.5. The Bertz CT molecular complexity index is 763. The molecule has 0 unspecified atom stereocenters. The van der Waals surface area contributed by atoms with Gasteiger partial charge in [-0.3, -0.25) is 15.6 Å². The Morgan fingerprint density at radius 3 is 2.42 bits per heavy atom. The van der Waals surface area contributed by atoms with Crippen molar-refractivity contribution in [2.24, 2.45) is 0 Å². The third kappa shape index (κ3) is 5.23. The molecule has 1 amide bonds. The van der Waals surface area contributed by atoms with Crippen molar-refractivity contribution in [2.75, 3.05) is 18.6 Å². The number of halogens is 1. The van der Waals surface area contributed by atoms with E-state index in [4.69, 9.17) is 21.1 Å². The lowest BCUT2D eigenvalue weighted by atomic mass is 10.2. The molecule has 7 nitrogen and oxygen atoms in total. The zero-order chi connectivity index (χ0) is 19.1. The average molecular weight is 379 g/mol. The summed E-state index contributed by atoms with van der Waals surface area (Å²) in [5.74, 6) is 0.797. The number of ether oxygens (including phenoxy) is 2. The van der Waals surface area contributed by atoms with E-state index in [1.54, 1.807) is 6.07 Å². The maximum absolute atomic E-state index is 12.4. The SMILES string of the molecule is CCCOc1c(Cl)cc(C(=O)NNc2nc(C)cc(C)n2)cc1OCC. The molecule has 2 aromatic rings. The smallest absolute Gasteiger partial charge is 0.269 e.